The molecule has 0 unspecified atom stereocenters. The average molecular weight is 501 g/mol. The van der Waals surface area contributed by atoms with Crippen LogP contribution in [0.15, 0.2) is 12.1 Å². The molecule has 0 fully saturated rings. The molecule has 20 heavy (non-hydrogen) atoms. The Morgan fingerprint density at radius 2 is 1.80 bits per heavy atom. The first-order chi connectivity index (χ1) is 9.56. The van der Waals surface area contributed by atoms with Crippen LogP contribution in [0.1, 0.15) is 55.8 Å². The first-order valence-electron chi connectivity index (χ1n) is 6.89. The minimum atomic E-state index is -1.18. The molecule has 0 aromatic heterocycles. The molecule has 0 atom stereocenters. The maximum atomic E-state index is 11.1. The van der Waals surface area contributed by atoms with Gasteiger partial charge in [-0.2, -0.15) is 0 Å². The topological polar surface area (TPSA) is 49.4 Å². The van der Waals surface area contributed by atoms with E-state index in [0.29, 0.717) is 12.4 Å². The fourth-order valence-corrected chi connectivity index (χ4v) is 3.92. The Morgan fingerprint density at radius 1 is 1.15 bits per heavy atom. The van der Waals surface area contributed by atoms with Gasteiger partial charge in [0.15, 0.2) is 0 Å². The van der Waals surface area contributed by atoms with Gasteiger partial charge in [-0.05, 0) is 63.7 Å². The number of rotatable bonds is 9. The van der Waals surface area contributed by atoms with Crippen LogP contribution in [-0.4, -0.2) is 12.6 Å². The Balaban J connectivity index is 2.49. The van der Waals surface area contributed by atoms with E-state index >= 15 is 0 Å². The lowest BCUT2D eigenvalue weighted by molar-refractivity contribution is -0.255. The third-order valence-corrected chi connectivity index (χ3v) is 4.40. The SMILES string of the molecule is CCCCCCCCOc1c(I)cc(I)cc1C(=O)[O-]. The summed E-state index contributed by atoms with van der Waals surface area (Å²) in [6.07, 6.45) is 7.09. The number of carboxylic acid groups (broad SMARTS) is 1. The Kier molecular flexibility index (Phi) is 8.83. The molecule has 0 aliphatic rings. The van der Waals surface area contributed by atoms with E-state index in [0.717, 1.165) is 20.0 Å². The monoisotopic (exact) mass is 501 g/mol. The van der Waals surface area contributed by atoms with Crippen molar-refractivity contribution in [3.63, 3.8) is 0 Å². The maximum absolute atomic E-state index is 11.1. The van der Waals surface area contributed by atoms with E-state index in [2.05, 4.69) is 52.1 Å². The molecule has 0 radical (unpaired) electrons. The Bertz CT molecular complexity index is 447. The van der Waals surface area contributed by atoms with Crippen LogP contribution in [0.4, 0.5) is 0 Å². The van der Waals surface area contributed by atoms with E-state index in [9.17, 15) is 9.90 Å². The number of carboxylic acids is 1. The van der Waals surface area contributed by atoms with Gasteiger partial charge >= 0.3 is 0 Å². The predicted molar refractivity (Wildman–Crippen MR) is 95.1 cm³/mol. The Hall–Kier alpha value is -0.0500. The second kappa shape index (κ2) is 9.81. The number of carbonyl (C=O) groups is 1. The van der Waals surface area contributed by atoms with E-state index in [1.54, 1.807) is 6.07 Å². The average Bonchev–Trinajstić information content (AvgIpc) is 2.39. The van der Waals surface area contributed by atoms with Gasteiger partial charge in [0.05, 0.1) is 16.1 Å². The van der Waals surface area contributed by atoms with E-state index in [-0.39, 0.29) is 5.56 Å². The molecule has 0 saturated carbocycles. The normalized spacial score (nSPS) is 10.6. The molecule has 0 bridgehead atoms. The molecule has 1 rings (SSSR count). The van der Waals surface area contributed by atoms with Crippen LogP contribution >= 0.6 is 45.2 Å². The fourth-order valence-electron chi connectivity index (χ4n) is 1.92. The third kappa shape index (κ3) is 6.15. The highest BCUT2D eigenvalue weighted by Gasteiger charge is 2.11. The lowest BCUT2D eigenvalue weighted by atomic mass is 10.1. The lowest BCUT2D eigenvalue weighted by Gasteiger charge is -2.14. The minimum absolute atomic E-state index is 0.146. The minimum Gasteiger partial charge on any atom is -0.545 e. The molecule has 112 valence electrons. The van der Waals surface area contributed by atoms with Crippen molar-refractivity contribution in [3.8, 4) is 5.75 Å². The zero-order valence-corrected chi connectivity index (χ0v) is 15.9. The van der Waals surface area contributed by atoms with Gasteiger partial charge in [0, 0.05) is 9.13 Å². The van der Waals surface area contributed by atoms with Gasteiger partial charge in [0.25, 0.3) is 0 Å². The summed E-state index contributed by atoms with van der Waals surface area (Å²) >= 11 is 4.20. The second-order valence-electron chi connectivity index (χ2n) is 4.67. The molecule has 0 aliphatic carbocycles. The third-order valence-electron chi connectivity index (χ3n) is 2.97. The number of unbranched alkanes of at least 4 members (excludes halogenated alkanes) is 5. The summed E-state index contributed by atoms with van der Waals surface area (Å²) in [5.74, 6) is -0.737. The first-order valence-corrected chi connectivity index (χ1v) is 9.05. The number of ether oxygens (including phenoxy) is 1. The van der Waals surface area contributed by atoms with Crippen molar-refractivity contribution < 1.29 is 14.6 Å². The van der Waals surface area contributed by atoms with Gasteiger partial charge in [0.1, 0.15) is 5.75 Å². The Labute approximate surface area is 147 Å². The van der Waals surface area contributed by atoms with Gasteiger partial charge in [-0.3, -0.25) is 0 Å². The van der Waals surface area contributed by atoms with Crippen LogP contribution in [-0.2, 0) is 0 Å². The van der Waals surface area contributed by atoms with Crippen LogP contribution in [0.3, 0.4) is 0 Å². The fraction of sp³-hybridized carbons (Fsp3) is 0.533. The summed E-state index contributed by atoms with van der Waals surface area (Å²) < 4.78 is 7.35. The molecule has 0 aliphatic heterocycles. The maximum Gasteiger partial charge on any atom is 0.141 e. The number of halogens is 2. The summed E-state index contributed by atoms with van der Waals surface area (Å²) in [5.41, 5.74) is 0.146. The lowest BCUT2D eigenvalue weighted by Crippen LogP contribution is -2.23. The first kappa shape index (κ1) is 18.0. The molecule has 1 aromatic carbocycles. The van der Waals surface area contributed by atoms with Crippen LogP contribution in [0.25, 0.3) is 0 Å². The van der Waals surface area contributed by atoms with Crippen LogP contribution in [0.5, 0.6) is 5.75 Å². The van der Waals surface area contributed by atoms with E-state index in [1.807, 2.05) is 6.07 Å². The predicted octanol–water partition coefficient (Wildman–Crippen LogP) is 4.00. The summed E-state index contributed by atoms with van der Waals surface area (Å²) in [6, 6.07) is 3.50. The summed E-state index contributed by atoms with van der Waals surface area (Å²) in [4.78, 5) is 11.1. The van der Waals surface area contributed by atoms with Gasteiger partial charge in [-0.15, -0.1) is 0 Å². The highest BCUT2D eigenvalue weighted by molar-refractivity contribution is 14.1. The van der Waals surface area contributed by atoms with Crippen LogP contribution in [0, 0.1) is 7.14 Å². The molecule has 0 amide bonds. The van der Waals surface area contributed by atoms with Crippen molar-refractivity contribution in [1.29, 1.82) is 0 Å². The Morgan fingerprint density at radius 3 is 2.45 bits per heavy atom. The van der Waals surface area contributed by atoms with Crippen molar-refractivity contribution in [2.75, 3.05) is 6.61 Å². The van der Waals surface area contributed by atoms with Gasteiger partial charge < -0.3 is 14.6 Å². The van der Waals surface area contributed by atoms with Gasteiger partial charge in [-0.1, -0.05) is 39.0 Å². The second-order valence-corrected chi connectivity index (χ2v) is 7.08. The van der Waals surface area contributed by atoms with Crippen molar-refractivity contribution >= 4 is 51.2 Å². The van der Waals surface area contributed by atoms with E-state index in [4.69, 9.17) is 4.74 Å². The van der Waals surface area contributed by atoms with Crippen LogP contribution in [0.2, 0.25) is 0 Å². The van der Waals surface area contributed by atoms with Crippen molar-refractivity contribution in [2.45, 2.75) is 45.4 Å². The molecule has 0 saturated heterocycles. The summed E-state index contributed by atoms with van der Waals surface area (Å²) in [5, 5.41) is 11.1. The molecular weight excluding hydrogens is 482 g/mol. The van der Waals surface area contributed by atoms with Crippen LogP contribution < -0.4 is 9.84 Å². The summed E-state index contributed by atoms with van der Waals surface area (Å²) in [6.45, 7) is 2.76. The molecule has 0 heterocycles. The molecule has 0 spiro atoms. The number of hydrogen-bond acceptors (Lipinski definition) is 3. The standard InChI is InChI=1S/C15H20I2O3/c1-2-3-4-5-6-7-8-20-14-12(15(18)19)9-11(16)10-13(14)17/h9-10H,2-8H2,1H3,(H,18,19)/p-1. The number of aromatic carboxylic acids is 1. The highest BCUT2D eigenvalue weighted by atomic mass is 127. The van der Waals surface area contributed by atoms with Crippen molar-refractivity contribution in [2.24, 2.45) is 0 Å². The molecule has 1 aromatic rings. The van der Waals surface area contributed by atoms with E-state index in [1.165, 1.54) is 25.7 Å². The molecule has 5 heteroatoms. The molecular formula is C15H19I2O3-. The van der Waals surface area contributed by atoms with Crippen molar-refractivity contribution in [3.05, 3.63) is 24.8 Å². The zero-order valence-electron chi connectivity index (χ0n) is 11.6. The highest BCUT2D eigenvalue weighted by Crippen LogP contribution is 2.28. The zero-order chi connectivity index (χ0) is 15.0. The van der Waals surface area contributed by atoms with Crippen molar-refractivity contribution in [1.82, 2.24) is 0 Å². The molecule has 0 N–H and O–H groups in total. The smallest absolute Gasteiger partial charge is 0.141 e. The van der Waals surface area contributed by atoms with E-state index < -0.39 is 5.97 Å². The number of benzene rings is 1. The van der Waals surface area contributed by atoms with Gasteiger partial charge in [-0.25, -0.2) is 0 Å². The number of hydrogen-bond donors (Lipinski definition) is 0. The largest absolute Gasteiger partial charge is 0.545 e. The van der Waals surface area contributed by atoms with Gasteiger partial charge in [0.2, 0.25) is 0 Å². The molecule has 3 nitrogen and oxygen atoms in total. The summed E-state index contributed by atoms with van der Waals surface area (Å²) in [7, 11) is 0. The quantitative estimate of drug-likeness (QED) is 0.380. The number of carbonyl (C=O) groups excluding carboxylic acids is 1.